The van der Waals surface area contributed by atoms with Gasteiger partial charge in [0.15, 0.2) is 0 Å². The molecule has 49 heavy (non-hydrogen) atoms. The topological polar surface area (TPSA) is 145 Å². The van der Waals surface area contributed by atoms with E-state index in [1.165, 1.54) is 12.8 Å². The van der Waals surface area contributed by atoms with Gasteiger partial charge in [-0.25, -0.2) is 0 Å². The molecule has 8 nitrogen and oxygen atoms in total. The number of aliphatic hydroxyl groups is 3. The van der Waals surface area contributed by atoms with Crippen LogP contribution in [-0.4, -0.2) is 65.6 Å². The molecule has 282 valence electrons. The minimum Gasteiger partial charge on any atom is -0.393 e. The summed E-state index contributed by atoms with van der Waals surface area (Å²) in [6.45, 7) is 15.7. The van der Waals surface area contributed by atoms with E-state index in [1.807, 2.05) is 19.9 Å². The van der Waals surface area contributed by atoms with Gasteiger partial charge in [0.1, 0.15) is 6.29 Å². The third-order valence-electron chi connectivity index (χ3n) is 12.6. The number of allylic oxidation sites excluding steroid dienone is 1. The molecule has 4 aliphatic carbocycles. The van der Waals surface area contributed by atoms with Gasteiger partial charge in [0, 0.05) is 11.8 Å². The Hall–Kier alpha value is -1.76. The minimum atomic E-state index is -0.721. The fraction of sp³-hybridized carbons (Fsp3) is 0.854. The highest BCUT2D eigenvalue weighted by Gasteiger charge is 2.62. The maximum atomic E-state index is 12.1. The first-order valence-electron chi connectivity index (χ1n) is 19.4. The van der Waals surface area contributed by atoms with E-state index in [4.69, 9.17) is 12.2 Å². The first kappa shape index (κ1) is 43.4. The number of aliphatic hydroxyl groups excluding tert-OH is 3. The molecule has 4 saturated carbocycles. The molecular weight excluding hydrogens is 614 g/mol. The van der Waals surface area contributed by atoms with Crippen molar-refractivity contribution in [2.24, 2.45) is 63.9 Å². The minimum absolute atomic E-state index is 0.00381. The van der Waals surface area contributed by atoms with Crippen molar-refractivity contribution in [3.05, 3.63) is 12.2 Å². The van der Waals surface area contributed by atoms with Crippen molar-refractivity contribution in [2.45, 2.75) is 150 Å². The van der Waals surface area contributed by atoms with Crippen LogP contribution in [0.25, 0.3) is 0 Å². The Morgan fingerprint density at radius 1 is 1.06 bits per heavy atom. The zero-order valence-corrected chi connectivity index (χ0v) is 32.2. The molecule has 0 saturated heterocycles. The Morgan fingerprint density at radius 3 is 2.27 bits per heavy atom. The zero-order valence-electron chi connectivity index (χ0n) is 32.2. The Morgan fingerprint density at radius 2 is 1.71 bits per heavy atom. The number of nitrogens with one attached hydrogen (secondary N) is 2. The van der Waals surface area contributed by atoms with Crippen molar-refractivity contribution in [1.29, 1.82) is 0 Å². The highest BCUT2D eigenvalue weighted by atomic mass is 16.3. The van der Waals surface area contributed by atoms with Crippen molar-refractivity contribution >= 4 is 12.2 Å². The van der Waals surface area contributed by atoms with Gasteiger partial charge in [-0.3, -0.25) is 10.1 Å². The Labute approximate surface area is 299 Å². The number of hydrogen-bond acceptors (Lipinski definition) is 7. The summed E-state index contributed by atoms with van der Waals surface area (Å²) in [6, 6.07) is 0. The molecule has 0 aliphatic heterocycles. The highest BCUT2D eigenvalue weighted by Crippen LogP contribution is 2.64. The SMILES string of the molecule is C#CCC(NC)NC(=O)/C=C/CCC(C)C1CCC2C1CCC1C2C(O)C(O)C2CC(O)CCC21C.CC(C)CN.CCCC(C)(C)C=O. The van der Waals surface area contributed by atoms with Gasteiger partial charge in [-0.2, -0.15) is 0 Å². The van der Waals surface area contributed by atoms with Crippen LogP contribution in [0.15, 0.2) is 12.2 Å². The van der Waals surface area contributed by atoms with Crippen molar-refractivity contribution < 1.29 is 24.9 Å². The molecule has 0 aromatic heterocycles. The molecule has 0 aromatic carbocycles. The largest absolute Gasteiger partial charge is 0.393 e. The Kier molecular flexibility index (Phi) is 18.0. The van der Waals surface area contributed by atoms with Crippen molar-refractivity contribution in [2.75, 3.05) is 13.6 Å². The lowest BCUT2D eigenvalue weighted by molar-refractivity contribution is -0.213. The molecule has 8 heteroatoms. The van der Waals surface area contributed by atoms with Crippen LogP contribution in [0.3, 0.4) is 0 Å². The number of hydrogen-bond donors (Lipinski definition) is 6. The third kappa shape index (κ3) is 11.9. The number of carbonyl (C=O) groups excluding carboxylic acids is 2. The van der Waals surface area contributed by atoms with Gasteiger partial charge in [-0.15, -0.1) is 12.3 Å². The maximum Gasteiger partial charge on any atom is 0.244 e. The van der Waals surface area contributed by atoms with E-state index in [0.717, 1.165) is 64.2 Å². The van der Waals surface area contributed by atoms with Crippen LogP contribution >= 0.6 is 0 Å². The lowest BCUT2D eigenvalue weighted by atomic mass is 9.45. The van der Waals surface area contributed by atoms with Crippen LogP contribution in [0.1, 0.15) is 126 Å². The van der Waals surface area contributed by atoms with E-state index in [2.05, 4.69) is 51.2 Å². The summed E-state index contributed by atoms with van der Waals surface area (Å²) in [5.74, 6) is 6.04. The summed E-state index contributed by atoms with van der Waals surface area (Å²) in [4.78, 5) is 22.4. The number of terminal acetylenes is 1. The molecule has 0 radical (unpaired) electrons. The van der Waals surface area contributed by atoms with E-state index in [0.29, 0.717) is 48.3 Å². The van der Waals surface area contributed by atoms with Crippen LogP contribution < -0.4 is 16.4 Å². The van der Waals surface area contributed by atoms with Gasteiger partial charge in [0.2, 0.25) is 5.91 Å². The zero-order chi connectivity index (χ0) is 36.9. The number of amides is 1. The van der Waals surface area contributed by atoms with Crippen LogP contribution in [0.2, 0.25) is 0 Å². The first-order valence-corrected chi connectivity index (χ1v) is 19.4. The predicted octanol–water partition coefficient (Wildman–Crippen LogP) is 5.83. The Bertz CT molecular complexity index is 1070. The predicted molar refractivity (Wildman–Crippen MR) is 200 cm³/mol. The van der Waals surface area contributed by atoms with E-state index in [1.54, 1.807) is 13.1 Å². The second-order valence-electron chi connectivity index (χ2n) is 17.1. The molecule has 7 N–H and O–H groups in total. The average Bonchev–Trinajstić information content (AvgIpc) is 3.51. The molecule has 0 aromatic rings. The summed E-state index contributed by atoms with van der Waals surface area (Å²) in [5.41, 5.74) is 5.11. The highest BCUT2D eigenvalue weighted by molar-refractivity contribution is 5.87. The van der Waals surface area contributed by atoms with E-state index >= 15 is 0 Å². The van der Waals surface area contributed by atoms with Gasteiger partial charge in [-0.05, 0) is 137 Å². The summed E-state index contributed by atoms with van der Waals surface area (Å²) >= 11 is 0. The van der Waals surface area contributed by atoms with Crippen LogP contribution in [-0.2, 0) is 9.59 Å². The average molecular weight is 688 g/mol. The van der Waals surface area contributed by atoms with Gasteiger partial charge < -0.3 is 31.2 Å². The molecule has 12 unspecified atom stereocenters. The second kappa shape index (κ2) is 20.3. The molecule has 4 fully saturated rings. The quantitative estimate of drug-likeness (QED) is 0.0656. The monoisotopic (exact) mass is 688 g/mol. The van der Waals surface area contributed by atoms with Crippen molar-refractivity contribution in [3.8, 4) is 12.3 Å². The van der Waals surface area contributed by atoms with E-state index in [9.17, 15) is 24.9 Å². The second-order valence-corrected chi connectivity index (χ2v) is 17.1. The van der Waals surface area contributed by atoms with E-state index in [-0.39, 0.29) is 40.8 Å². The van der Waals surface area contributed by atoms with Gasteiger partial charge in [0.25, 0.3) is 0 Å². The maximum absolute atomic E-state index is 12.1. The molecular formula is C41H73N3O5. The smallest absolute Gasteiger partial charge is 0.244 e. The molecule has 0 heterocycles. The summed E-state index contributed by atoms with van der Waals surface area (Å²) in [5, 5.41) is 38.6. The fourth-order valence-corrected chi connectivity index (χ4v) is 9.70. The molecule has 4 aliphatic rings. The number of nitrogens with two attached hydrogens (primary N) is 1. The summed E-state index contributed by atoms with van der Waals surface area (Å²) in [6.07, 6.45) is 19.6. The van der Waals surface area contributed by atoms with Crippen LogP contribution in [0.4, 0.5) is 0 Å². The molecule has 4 rings (SSSR count). The number of aldehydes is 1. The Balaban J connectivity index is 0.000000544. The van der Waals surface area contributed by atoms with Gasteiger partial charge in [0.05, 0.1) is 24.5 Å². The third-order valence-corrected chi connectivity index (χ3v) is 12.6. The molecule has 12 atom stereocenters. The summed E-state index contributed by atoms with van der Waals surface area (Å²) < 4.78 is 0. The number of carbonyl (C=O) groups is 2. The first-order chi connectivity index (χ1) is 23.1. The lowest BCUT2D eigenvalue weighted by Crippen LogP contribution is -2.63. The molecule has 1 amide bonds. The fourth-order valence-electron chi connectivity index (χ4n) is 9.70. The molecule has 0 spiro atoms. The van der Waals surface area contributed by atoms with Crippen LogP contribution in [0, 0.1) is 70.5 Å². The van der Waals surface area contributed by atoms with Gasteiger partial charge >= 0.3 is 0 Å². The lowest BCUT2D eigenvalue weighted by Gasteiger charge is -2.61. The standard InChI is InChI=1S/C30H48N2O4.C7H14O.C4H11N/c1-5-8-25(31-4)32-26(34)10-7-6-9-18(2)20-11-12-22-21(20)13-14-23-27(22)29(36)28(35)24-17-19(33)15-16-30(23,24)3;1-4-5-7(2,3)6-8;1-4(2)3-5/h1,7,10,18-25,27-29,31,33,35-36H,6,8-9,11-17H2,2-4H3,(H,32,34);6H,4-5H2,1-3H3;4H,3,5H2,1-2H3/b10-7+;;. The van der Waals surface area contributed by atoms with Crippen LogP contribution in [0.5, 0.6) is 0 Å². The van der Waals surface area contributed by atoms with E-state index < -0.39 is 12.2 Å². The number of fused-ring (bicyclic) bond motifs is 5. The van der Waals surface area contributed by atoms with Crippen molar-refractivity contribution in [1.82, 2.24) is 10.6 Å². The normalized spacial score (nSPS) is 34.9. The van der Waals surface area contributed by atoms with Gasteiger partial charge in [-0.1, -0.05) is 61.0 Å². The molecule has 0 bridgehead atoms. The van der Waals surface area contributed by atoms with Crippen molar-refractivity contribution in [3.63, 3.8) is 0 Å². The summed E-state index contributed by atoms with van der Waals surface area (Å²) in [7, 11) is 1.78. The number of rotatable bonds is 12.